The number of fused-ring (bicyclic) bond motifs is 3. The Hall–Kier alpha value is -4.39. The molecule has 13 nitrogen and oxygen atoms in total. The minimum Gasteiger partial charge on any atom is -0.491 e. The molecule has 4 N–H and O–H groups in total. The zero-order chi connectivity index (χ0) is 27.4. The van der Waals surface area contributed by atoms with Gasteiger partial charge in [-0.3, -0.25) is 19.2 Å². The molecule has 202 valence electrons. The molecule has 1 aliphatic heterocycles. The van der Waals surface area contributed by atoms with Crippen molar-refractivity contribution in [2.75, 3.05) is 32.8 Å². The van der Waals surface area contributed by atoms with E-state index in [0.29, 0.717) is 17.0 Å². The van der Waals surface area contributed by atoms with E-state index in [1.54, 1.807) is 40.7 Å². The summed E-state index contributed by atoms with van der Waals surface area (Å²) in [5.74, 6) is -1.59. The summed E-state index contributed by atoms with van der Waals surface area (Å²) >= 11 is 0. The number of aliphatic hydroxyl groups is 1. The number of carbonyl (C=O) groups is 4. The number of nitrogens with one attached hydrogen (secondary N) is 3. The van der Waals surface area contributed by atoms with Crippen molar-refractivity contribution in [2.45, 2.75) is 26.0 Å². The van der Waals surface area contributed by atoms with Crippen LogP contribution in [0.5, 0.6) is 5.75 Å². The summed E-state index contributed by atoms with van der Waals surface area (Å²) in [6.45, 7) is 3.23. The number of hydrogen-bond donors (Lipinski definition) is 4. The highest BCUT2D eigenvalue weighted by atomic mass is 16.5. The van der Waals surface area contributed by atoms with Gasteiger partial charge in [-0.2, -0.15) is 5.10 Å². The number of ether oxygens (including phenoxy) is 1. The Balaban J connectivity index is 1.58. The maximum Gasteiger partial charge on any atom is 0.259 e. The van der Waals surface area contributed by atoms with Crippen LogP contribution >= 0.6 is 0 Å². The molecule has 2 aromatic heterocycles. The fourth-order valence-corrected chi connectivity index (χ4v) is 4.16. The first-order valence-electron chi connectivity index (χ1n) is 12.2. The summed E-state index contributed by atoms with van der Waals surface area (Å²) < 4.78 is 9.06. The Labute approximate surface area is 218 Å². The molecule has 2 bridgehead atoms. The largest absolute Gasteiger partial charge is 0.491 e. The van der Waals surface area contributed by atoms with Crippen molar-refractivity contribution in [3.05, 3.63) is 53.5 Å². The van der Waals surface area contributed by atoms with Crippen molar-refractivity contribution in [2.24, 2.45) is 7.05 Å². The molecule has 13 heteroatoms. The SMILES string of the molecule is Cc1ccc2cc1OCCNC(=O)CN(C(=O)c1cnn3ccn(C)c13)CCNC(=O)[C@H]([C@@H](C)O)NC2=O. The minimum absolute atomic E-state index is 0.00327. The lowest BCUT2D eigenvalue weighted by molar-refractivity contribution is -0.125. The number of imidazole rings is 1. The maximum atomic E-state index is 13.4. The number of nitrogens with zero attached hydrogens (tertiary/aromatic N) is 4. The highest BCUT2D eigenvalue weighted by Crippen LogP contribution is 2.20. The van der Waals surface area contributed by atoms with Crippen LogP contribution in [0.2, 0.25) is 0 Å². The second-order valence-corrected chi connectivity index (χ2v) is 9.12. The van der Waals surface area contributed by atoms with Crippen molar-refractivity contribution in [3.8, 4) is 5.75 Å². The fourth-order valence-electron chi connectivity index (χ4n) is 4.16. The topological polar surface area (TPSA) is 159 Å². The summed E-state index contributed by atoms with van der Waals surface area (Å²) in [6.07, 6.45) is 3.70. The Morgan fingerprint density at radius 2 is 1.97 bits per heavy atom. The molecule has 2 atom stereocenters. The number of hydrogen-bond acceptors (Lipinski definition) is 7. The second-order valence-electron chi connectivity index (χ2n) is 9.12. The molecular weight excluding hydrogens is 494 g/mol. The molecule has 0 radical (unpaired) electrons. The van der Waals surface area contributed by atoms with Gasteiger partial charge in [0, 0.05) is 38.1 Å². The third-order valence-electron chi connectivity index (χ3n) is 6.25. The van der Waals surface area contributed by atoms with Gasteiger partial charge in [0.2, 0.25) is 11.8 Å². The van der Waals surface area contributed by atoms with Crippen molar-refractivity contribution >= 4 is 29.3 Å². The molecule has 0 saturated heterocycles. The van der Waals surface area contributed by atoms with Crippen molar-refractivity contribution < 1.29 is 29.0 Å². The van der Waals surface area contributed by atoms with Gasteiger partial charge < -0.3 is 35.3 Å². The van der Waals surface area contributed by atoms with Gasteiger partial charge in [-0.15, -0.1) is 0 Å². The first-order chi connectivity index (χ1) is 18.2. The summed E-state index contributed by atoms with van der Waals surface area (Å²) in [5.41, 5.74) is 1.89. The van der Waals surface area contributed by atoms with Crippen LogP contribution in [0, 0.1) is 6.92 Å². The predicted octanol–water partition coefficient (Wildman–Crippen LogP) is -0.772. The van der Waals surface area contributed by atoms with Gasteiger partial charge in [-0.25, -0.2) is 4.52 Å². The molecule has 3 heterocycles. The van der Waals surface area contributed by atoms with Gasteiger partial charge in [0.05, 0.1) is 25.4 Å². The third kappa shape index (κ3) is 5.78. The number of rotatable bonds is 2. The number of aliphatic hydroxyl groups excluding tert-OH is 1. The zero-order valence-electron chi connectivity index (χ0n) is 21.4. The van der Waals surface area contributed by atoms with Crippen LogP contribution in [0.4, 0.5) is 0 Å². The predicted molar refractivity (Wildman–Crippen MR) is 136 cm³/mol. The Morgan fingerprint density at radius 3 is 2.74 bits per heavy atom. The molecule has 1 aliphatic rings. The number of aromatic nitrogens is 3. The number of amides is 4. The molecule has 0 fully saturated rings. The van der Waals surface area contributed by atoms with E-state index in [2.05, 4.69) is 21.0 Å². The molecule has 0 saturated carbocycles. The molecule has 0 unspecified atom stereocenters. The lowest BCUT2D eigenvalue weighted by atomic mass is 10.1. The Morgan fingerprint density at radius 1 is 1.18 bits per heavy atom. The van der Waals surface area contributed by atoms with Crippen LogP contribution < -0.4 is 20.7 Å². The lowest BCUT2D eigenvalue weighted by Gasteiger charge is -2.24. The summed E-state index contributed by atoms with van der Waals surface area (Å²) in [5, 5.41) is 22.3. The third-order valence-corrected chi connectivity index (χ3v) is 6.25. The van der Waals surface area contributed by atoms with E-state index in [9.17, 15) is 24.3 Å². The highest BCUT2D eigenvalue weighted by molar-refractivity contribution is 6.01. The minimum atomic E-state index is -1.24. The van der Waals surface area contributed by atoms with E-state index in [0.717, 1.165) is 5.56 Å². The van der Waals surface area contributed by atoms with Gasteiger partial charge in [-0.05, 0) is 31.5 Å². The van der Waals surface area contributed by atoms with E-state index in [1.807, 2.05) is 6.92 Å². The first-order valence-corrected chi connectivity index (χ1v) is 12.2. The molecule has 0 aliphatic carbocycles. The maximum absolute atomic E-state index is 13.4. The van der Waals surface area contributed by atoms with E-state index in [1.165, 1.54) is 24.1 Å². The van der Waals surface area contributed by atoms with Gasteiger partial charge in [0.15, 0.2) is 0 Å². The number of benzene rings is 1. The molecular formula is C25H31N7O6. The number of carbonyl (C=O) groups excluding carboxylic acids is 4. The average molecular weight is 526 g/mol. The van der Waals surface area contributed by atoms with Crippen LogP contribution in [0.25, 0.3) is 5.65 Å². The molecule has 0 spiro atoms. The lowest BCUT2D eigenvalue weighted by Crippen LogP contribution is -2.53. The number of aryl methyl sites for hydroxylation is 2. The quantitative estimate of drug-likeness (QED) is 0.342. The van der Waals surface area contributed by atoms with Crippen molar-refractivity contribution in [1.29, 1.82) is 0 Å². The molecule has 1 aromatic carbocycles. The Kier molecular flexibility index (Phi) is 7.96. The van der Waals surface area contributed by atoms with Gasteiger partial charge in [-0.1, -0.05) is 6.07 Å². The summed E-state index contributed by atoms with van der Waals surface area (Å²) in [4.78, 5) is 53.2. The Bertz CT molecular complexity index is 1360. The van der Waals surface area contributed by atoms with Crippen LogP contribution in [0.1, 0.15) is 33.2 Å². The van der Waals surface area contributed by atoms with E-state index in [4.69, 9.17) is 4.74 Å². The van der Waals surface area contributed by atoms with Gasteiger partial charge in [0.1, 0.15) is 29.6 Å². The van der Waals surface area contributed by atoms with Crippen LogP contribution in [0.3, 0.4) is 0 Å². The zero-order valence-corrected chi connectivity index (χ0v) is 21.4. The fraction of sp³-hybridized carbons (Fsp3) is 0.400. The smallest absolute Gasteiger partial charge is 0.259 e. The average Bonchev–Trinajstić information content (AvgIpc) is 3.47. The normalized spacial score (nSPS) is 18.7. The van der Waals surface area contributed by atoms with Crippen molar-refractivity contribution in [3.63, 3.8) is 0 Å². The second kappa shape index (κ2) is 11.3. The van der Waals surface area contributed by atoms with E-state index < -0.39 is 35.8 Å². The molecule has 38 heavy (non-hydrogen) atoms. The van der Waals surface area contributed by atoms with Crippen LogP contribution in [0.15, 0.2) is 36.8 Å². The molecule has 4 amide bonds. The van der Waals surface area contributed by atoms with E-state index >= 15 is 0 Å². The van der Waals surface area contributed by atoms with Gasteiger partial charge >= 0.3 is 0 Å². The monoisotopic (exact) mass is 525 g/mol. The summed E-state index contributed by atoms with van der Waals surface area (Å²) in [7, 11) is 1.78. The first kappa shape index (κ1) is 26.7. The van der Waals surface area contributed by atoms with Crippen LogP contribution in [-0.4, -0.2) is 92.7 Å². The standard InChI is InChI=1S/C25H31N7O6/c1-15-4-5-17-12-19(15)38-11-7-26-20(34)14-31(8-6-27-23(36)21(16(2)33)29-22(17)35)25(37)18-13-28-32-10-9-30(3)24(18)32/h4-5,9-10,12-13,16,21,33H,6-8,11,14H2,1-3H3,(H,26,34)(H,27,36)(H,29,35)/t16-,21+/m1/s1. The molecule has 3 aromatic rings. The van der Waals surface area contributed by atoms with Gasteiger partial charge in [0.25, 0.3) is 11.8 Å². The van der Waals surface area contributed by atoms with Crippen LogP contribution in [-0.2, 0) is 16.6 Å². The summed E-state index contributed by atoms with van der Waals surface area (Å²) in [6, 6.07) is 3.60. The van der Waals surface area contributed by atoms with E-state index in [-0.39, 0.29) is 38.3 Å². The highest BCUT2D eigenvalue weighted by Gasteiger charge is 2.28. The molecule has 4 rings (SSSR count). The van der Waals surface area contributed by atoms with Crippen molar-refractivity contribution in [1.82, 2.24) is 35.0 Å².